The number of nitrogens with zero attached hydrogens (tertiary/aromatic N) is 4. The Morgan fingerprint density at radius 3 is 2.79 bits per heavy atom. The van der Waals surface area contributed by atoms with E-state index in [-0.39, 0.29) is 18.4 Å². The first-order valence-electron chi connectivity index (χ1n) is 7.84. The van der Waals surface area contributed by atoms with Gasteiger partial charge in [-0.1, -0.05) is 30.3 Å². The fourth-order valence-electron chi connectivity index (χ4n) is 2.41. The van der Waals surface area contributed by atoms with Crippen LogP contribution in [0, 0.1) is 6.92 Å². The van der Waals surface area contributed by atoms with Crippen LogP contribution in [-0.4, -0.2) is 25.8 Å². The summed E-state index contributed by atoms with van der Waals surface area (Å²) in [6.07, 6.45) is 4.49. The molecule has 0 aliphatic rings. The van der Waals surface area contributed by atoms with Gasteiger partial charge in [0.15, 0.2) is 5.82 Å². The maximum absolute atomic E-state index is 12.3. The molecule has 2 heterocycles. The highest BCUT2D eigenvalue weighted by atomic mass is 16.5. The van der Waals surface area contributed by atoms with Crippen LogP contribution in [0.15, 0.2) is 47.2 Å². The number of benzene rings is 1. The molecule has 0 aliphatic carbocycles. The number of para-hydroxylation sites is 1. The second-order valence-corrected chi connectivity index (χ2v) is 5.51. The third-order valence-electron chi connectivity index (χ3n) is 3.62. The van der Waals surface area contributed by atoms with Crippen LogP contribution in [0.2, 0.25) is 0 Å². The Labute approximate surface area is 139 Å². The molecule has 0 aliphatic heterocycles. The minimum absolute atomic E-state index is 0.100. The molecule has 0 saturated heterocycles. The van der Waals surface area contributed by atoms with Crippen molar-refractivity contribution in [3.8, 4) is 5.69 Å². The molecule has 0 unspecified atom stereocenters. The van der Waals surface area contributed by atoms with Gasteiger partial charge in [-0.15, -0.1) is 0 Å². The number of nitrogens with one attached hydrogen (secondary N) is 1. The Kier molecular flexibility index (Phi) is 4.69. The average Bonchev–Trinajstić information content (AvgIpc) is 3.22. The van der Waals surface area contributed by atoms with Crippen molar-refractivity contribution >= 4 is 5.91 Å². The number of rotatable bonds is 6. The van der Waals surface area contributed by atoms with Crippen molar-refractivity contribution in [2.45, 2.75) is 32.7 Å². The van der Waals surface area contributed by atoms with Crippen molar-refractivity contribution in [2.24, 2.45) is 0 Å². The Bertz CT molecular complexity index is 809. The molecule has 7 nitrogen and oxygen atoms in total. The lowest BCUT2D eigenvalue weighted by Gasteiger charge is -2.12. The van der Waals surface area contributed by atoms with Gasteiger partial charge in [-0.25, -0.2) is 4.68 Å². The average molecular weight is 325 g/mol. The number of carbonyl (C=O) groups is 1. The van der Waals surface area contributed by atoms with Gasteiger partial charge in [0.1, 0.15) is 0 Å². The minimum atomic E-state index is -0.251. The number of hydrogen-bond donors (Lipinski definition) is 1. The van der Waals surface area contributed by atoms with E-state index in [0.717, 1.165) is 11.3 Å². The third kappa shape index (κ3) is 3.68. The van der Waals surface area contributed by atoms with E-state index < -0.39 is 0 Å². The SMILES string of the molecule is CC[C@@H](NC(=O)Cc1cnn(-c2ccccc2)c1)c1noc(C)n1. The van der Waals surface area contributed by atoms with Gasteiger partial charge < -0.3 is 9.84 Å². The van der Waals surface area contributed by atoms with Crippen LogP contribution in [-0.2, 0) is 11.2 Å². The Balaban J connectivity index is 1.63. The molecule has 3 aromatic rings. The van der Waals surface area contributed by atoms with E-state index in [1.807, 2.05) is 43.5 Å². The molecule has 0 bridgehead atoms. The molecule has 1 atom stereocenters. The van der Waals surface area contributed by atoms with Crippen molar-refractivity contribution < 1.29 is 9.32 Å². The van der Waals surface area contributed by atoms with Crippen LogP contribution >= 0.6 is 0 Å². The lowest BCUT2D eigenvalue weighted by Crippen LogP contribution is -2.30. The zero-order chi connectivity index (χ0) is 16.9. The summed E-state index contributed by atoms with van der Waals surface area (Å²) in [7, 11) is 0. The highest BCUT2D eigenvalue weighted by Crippen LogP contribution is 2.14. The van der Waals surface area contributed by atoms with E-state index in [4.69, 9.17) is 4.52 Å². The van der Waals surface area contributed by atoms with Gasteiger partial charge in [0, 0.05) is 13.1 Å². The molecule has 0 spiro atoms. The fraction of sp³-hybridized carbons (Fsp3) is 0.294. The van der Waals surface area contributed by atoms with E-state index in [1.165, 1.54) is 0 Å². The Morgan fingerprint density at radius 1 is 1.33 bits per heavy atom. The maximum atomic E-state index is 12.3. The van der Waals surface area contributed by atoms with Crippen LogP contribution < -0.4 is 5.32 Å². The molecule has 0 saturated carbocycles. The predicted molar refractivity (Wildman–Crippen MR) is 87.5 cm³/mol. The molecule has 0 fully saturated rings. The summed E-state index contributed by atoms with van der Waals surface area (Å²) < 4.78 is 6.73. The summed E-state index contributed by atoms with van der Waals surface area (Å²) in [5, 5.41) is 11.1. The summed E-state index contributed by atoms with van der Waals surface area (Å²) in [5.41, 5.74) is 1.80. The van der Waals surface area contributed by atoms with Crippen LogP contribution in [0.1, 0.15) is 36.7 Å². The molecular formula is C17H19N5O2. The zero-order valence-corrected chi connectivity index (χ0v) is 13.6. The second-order valence-electron chi connectivity index (χ2n) is 5.51. The quantitative estimate of drug-likeness (QED) is 0.752. The Morgan fingerprint density at radius 2 is 2.12 bits per heavy atom. The summed E-state index contributed by atoms with van der Waals surface area (Å²) >= 11 is 0. The fourth-order valence-corrected chi connectivity index (χ4v) is 2.41. The van der Waals surface area contributed by atoms with Gasteiger partial charge >= 0.3 is 0 Å². The first-order valence-corrected chi connectivity index (χ1v) is 7.84. The van der Waals surface area contributed by atoms with E-state index in [0.29, 0.717) is 18.1 Å². The molecule has 24 heavy (non-hydrogen) atoms. The normalized spacial score (nSPS) is 12.1. The van der Waals surface area contributed by atoms with Gasteiger partial charge in [0.25, 0.3) is 0 Å². The molecule has 7 heteroatoms. The van der Waals surface area contributed by atoms with Gasteiger partial charge in [-0.2, -0.15) is 10.1 Å². The van der Waals surface area contributed by atoms with Crippen molar-refractivity contribution in [1.82, 2.24) is 25.2 Å². The minimum Gasteiger partial charge on any atom is -0.346 e. The topological polar surface area (TPSA) is 85.8 Å². The molecule has 2 aromatic heterocycles. The molecule has 124 valence electrons. The summed E-state index contributed by atoms with van der Waals surface area (Å²) in [6.45, 7) is 3.69. The van der Waals surface area contributed by atoms with Crippen LogP contribution in [0.4, 0.5) is 0 Å². The summed E-state index contributed by atoms with van der Waals surface area (Å²) in [6, 6.07) is 9.51. The molecule has 3 rings (SSSR count). The van der Waals surface area contributed by atoms with Gasteiger partial charge in [0.05, 0.1) is 24.3 Å². The lowest BCUT2D eigenvalue weighted by molar-refractivity contribution is -0.121. The highest BCUT2D eigenvalue weighted by molar-refractivity contribution is 5.78. The van der Waals surface area contributed by atoms with Gasteiger partial charge in [-0.3, -0.25) is 4.79 Å². The molecule has 0 radical (unpaired) electrons. The Hall–Kier alpha value is -2.96. The van der Waals surface area contributed by atoms with E-state index >= 15 is 0 Å². The number of carbonyl (C=O) groups excluding carboxylic acids is 1. The van der Waals surface area contributed by atoms with Gasteiger partial charge in [-0.05, 0) is 24.1 Å². The van der Waals surface area contributed by atoms with E-state index in [1.54, 1.807) is 17.8 Å². The van der Waals surface area contributed by atoms with Crippen molar-refractivity contribution in [3.63, 3.8) is 0 Å². The van der Waals surface area contributed by atoms with Gasteiger partial charge in [0.2, 0.25) is 11.8 Å². The van der Waals surface area contributed by atoms with Crippen LogP contribution in [0.5, 0.6) is 0 Å². The monoisotopic (exact) mass is 325 g/mol. The second kappa shape index (κ2) is 7.08. The van der Waals surface area contributed by atoms with Crippen molar-refractivity contribution in [1.29, 1.82) is 0 Å². The number of amides is 1. The third-order valence-corrected chi connectivity index (χ3v) is 3.62. The molecule has 1 N–H and O–H groups in total. The number of aromatic nitrogens is 4. The van der Waals surface area contributed by atoms with E-state index in [2.05, 4.69) is 20.6 Å². The van der Waals surface area contributed by atoms with E-state index in [9.17, 15) is 4.79 Å². The van der Waals surface area contributed by atoms with Crippen LogP contribution in [0.25, 0.3) is 5.69 Å². The number of aryl methyl sites for hydroxylation is 1. The first kappa shape index (κ1) is 15.9. The van der Waals surface area contributed by atoms with Crippen molar-refractivity contribution in [2.75, 3.05) is 0 Å². The lowest BCUT2D eigenvalue weighted by atomic mass is 10.2. The standard InChI is InChI=1S/C17H19N5O2/c1-3-15(17-19-12(2)24-21-17)20-16(23)9-13-10-18-22(11-13)14-7-5-4-6-8-14/h4-8,10-11,15H,3,9H2,1-2H3,(H,20,23)/t15-/m1/s1. The predicted octanol–water partition coefficient (Wildman–Crippen LogP) is 2.37. The summed E-state index contributed by atoms with van der Waals surface area (Å²) in [5.74, 6) is 0.891. The van der Waals surface area contributed by atoms with Crippen molar-refractivity contribution in [3.05, 3.63) is 60.0 Å². The molecule has 1 aromatic carbocycles. The maximum Gasteiger partial charge on any atom is 0.225 e. The van der Waals surface area contributed by atoms with Crippen LogP contribution in [0.3, 0.4) is 0 Å². The largest absolute Gasteiger partial charge is 0.346 e. The zero-order valence-electron chi connectivity index (χ0n) is 13.6. The molecule has 1 amide bonds. The summed E-state index contributed by atoms with van der Waals surface area (Å²) in [4.78, 5) is 16.5. The number of hydrogen-bond acceptors (Lipinski definition) is 5. The highest BCUT2D eigenvalue weighted by Gasteiger charge is 2.18. The first-order chi connectivity index (χ1) is 11.7. The molecular weight excluding hydrogens is 306 g/mol. The smallest absolute Gasteiger partial charge is 0.225 e.